The normalized spacial score (nSPS) is 31.4. The Morgan fingerprint density at radius 3 is 2.91 bits per heavy atom. The van der Waals surface area contributed by atoms with E-state index >= 15 is 0 Å². The molecule has 1 atom stereocenters. The van der Waals surface area contributed by atoms with Crippen molar-refractivity contribution < 1.29 is 0 Å². The van der Waals surface area contributed by atoms with E-state index in [4.69, 9.17) is 0 Å². The van der Waals surface area contributed by atoms with Crippen molar-refractivity contribution in [3.8, 4) is 0 Å². The van der Waals surface area contributed by atoms with Gasteiger partial charge in [-0.25, -0.2) is 0 Å². The molecule has 0 aromatic carbocycles. The molecule has 0 spiro atoms. The Morgan fingerprint density at radius 2 is 2.18 bits per heavy atom. The van der Waals surface area contributed by atoms with Gasteiger partial charge in [-0.2, -0.15) is 10.2 Å². The minimum Gasteiger partial charge on any atom is -0.189 e. The summed E-state index contributed by atoms with van der Waals surface area (Å²) < 4.78 is 0. The Morgan fingerprint density at radius 1 is 1.36 bits per heavy atom. The zero-order valence-corrected chi connectivity index (χ0v) is 6.95. The van der Waals surface area contributed by atoms with Gasteiger partial charge in [0.1, 0.15) is 0 Å². The molecule has 0 bridgehead atoms. The summed E-state index contributed by atoms with van der Waals surface area (Å²) in [6.07, 6.45) is 6.13. The largest absolute Gasteiger partial charge is 0.189 e. The molecule has 1 saturated carbocycles. The second-order valence-corrected chi connectivity index (χ2v) is 3.60. The third-order valence-electron chi connectivity index (χ3n) is 2.32. The smallest absolute Gasteiger partial charge is 0.0620 e. The quantitative estimate of drug-likeness (QED) is 0.549. The van der Waals surface area contributed by atoms with Crippen LogP contribution in [-0.4, -0.2) is 6.54 Å². The van der Waals surface area contributed by atoms with E-state index in [-0.39, 0.29) is 0 Å². The summed E-state index contributed by atoms with van der Waals surface area (Å²) in [4.78, 5) is 0. The zero-order chi connectivity index (χ0) is 7.68. The molecule has 0 N–H and O–H groups in total. The first-order chi connectivity index (χ1) is 5.36. The first-order valence-electron chi connectivity index (χ1n) is 4.45. The van der Waals surface area contributed by atoms with Crippen molar-refractivity contribution in [2.75, 3.05) is 6.54 Å². The lowest BCUT2D eigenvalue weighted by Gasteiger charge is -2.00. The Hall–Kier alpha value is -0.660. The van der Waals surface area contributed by atoms with Crippen molar-refractivity contribution >= 4 is 0 Å². The van der Waals surface area contributed by atoms with Crippen LogP contribution in [0.3, 0.4) is 0 Å². The third kappa shape index (κ3) is 1.67. The lowest BCUT2D eigenvalue weighted by atomic mass is 10.1. The monoisotopic (exact) mass is 150 g/mol. The number of hydrogen-bond acceptors (Lipinski definition) is 2. The molecule has 1 aliphatic heterocycles. The van der Waals surface area contributed by atoms with Gasteiger partial charge in [0.05, 0.1) is 12.2 Å². The molecule has 1 aliphatic carbocycles. The molecule has 1 fully saturated rings. The molecule has 2 rings (SSSR count). The number of hydrogen-bond donors (Lipinski definition) is 0. The van der Waals surface area contributed by atoms with Crippen LogP contribution in [-0.2, 0) is 0 Å². The standard InChI is InChI=1S/C9H14N2/c1-7-4-5-10-11-9(6-7)8-2-3-8/h6-8H,2-5H2,1H3. The topological polar surface area (TPSA) is 24.7 Å². The van der Waals surface area contributed by atoms with Crippen molar-refractivity contribution in [2.24, 2.45) is 22.1 Å². The Kier molecular flexibility index (Phi) is 1.76. The van der Waals surface area contributed by atoms with Crippen LogP contribution in [0.5, 0.6) is 0 Å². The average Bonchev–Trinajstić information content (AvgIpc) is 2.71. The molecule has 1 unspecified atom stereocenters. The molecule has 2 heteroatoms. The molecule has 0 radical (unpaired) electrons. The van der Waals surface area contributed by atoms with E-state index in [1.807, 2.05) is 0 Å². The van der Waals surface area contributed by atoms with Gasteiger partial charge < -0.3 is 0 Å². The average molecular weight is 150 g/mol. The Labute approximate surface area is 67.4 Å². The van der Waals surface area contributed by atoms with Crippen LogP contribution in [0.25, 0.3) is 0 Å². The van der Waals surface area contributed by atoms with Crippen molar-refractivity contribution in [3.63, 3.8) is 0 Å². The van der Waals surface area contributed by atoms with E-state index in [9.17, 15) is 0 Å². The SMILES string of the molecule is CC1C=C(C2CC2)N=NCC1. The molecule has 0 amide bonds. The highest BCUT2D eigenvalue weighted by Crippen LogP contribution is 2.38. The van der Waals surface area contributed by atoms with E-state index < -0.39 is 0 Å². The minimum absolute atomic E-state index is 0.681. The van der Waals surface area contributed by atoms with Crippen LogP contribution in [0.4, 0.5) is 0 Å². The highest BCUT2D eigenvalue weighted by molar-refractivity contribution is 5.12. The van der Waals surface area contributed by atoms with Crippen LogP contribution in [0.2, 0.25) is 0 Å². The molecule has 0 saturated heterocycles. The maximum atomic E-state index is 4.22. The van der Waals surface area contributed by atoms with Gasteiger partial charge in [-0.1, -0.05) is 13.0 Å². The van der Waals surface area contributed by atoms with Gasteiger partial charge in [-0.15, -0.1) is 0 Å². The van der Waals surface area contributed by atoms with Gasteiger partial charge in [0.15, 0.2) is 0 Å². The second kappa shape index (κ2) is 2.76. The fraction of sp³-hybridized carbons (Fsp3) is 0.778. The predicted octanol–water partition coefficient (Wildman–Crippen LogP) is 2.77. The fourth-order valence-corrected chi connectivity index (χ4v) is 1.40. The zero-order valence-electron chi connectivity index (χ0n) is 6.95. The summed E-state index contributed by atoms with van der Waals surface area (Å²) in [5.41, 5.74) is 1.26. The molecule has 0 aromatic rings. The Balaban J connectivity index is 2.11. The first kappa shape index (κ1) is 7.01. The van der Waals surface area contributed by atoms with Crippen molar-refractivity contribution in [2.45, 2.75) is 26.2 Å². The van der Waals surface area contributed by atoms with E-state index in [0.717, 1.165) is 12.5 Å². The van der Waals surface area contributed by atoms with Gasteiger partial charge in [-0.3, -0.25) is 0 Å². The third-order valence-corrected chi connectivity index (χ3v) is 2.32. The molecular weight excluding hydrogens is 136 g/mol. The van der Waals surface area contributed by atoms with E-state index in [1.165, 1.54) is 25.0 Å². The fourth-order valence-electron chi connectivity index (χ4n) is 1.40. The van der Waals surface area contributed by atoms with Gasteiger partial charge in [0.2, 0.25) is 0 Å². The van der Waals surface area contributed by atoms with Crippen LogP contribution in [0.1, 0.15) is 26.2 Å². The van der Waals surface area contributed by atoms with Crippen molar-refractivity contribution in [3.05, 3.63) is 11.8 Å². The van der Waals surface area contributed by atoms with Crippen LogP contribution in [0.15, 0.2) is 22.0 Å². The van der Waals surface area contributed by atoms with Crippen molar-refractivity contribution in [1.29, 1.82) is 0 Å². The van der Waals surface area contributed by atoms with Crippen molar-refractivity contribution in [1.82, 2.24) is 0 Å². The van der Waals surface area contributed by atoms with Crippen LogP contribution >= 0.6 is 0 Å². The predicted molar refractivity (Wildman–Crippen MR) is 44.3 cm³/mol. The maximum absolute atomic E-state index is 4.22. The molecule has 11 heavy (non-hydrogen) atoms. The van der Waals surface area contributed by atoms with Crippen LogP contribution in [0, 0.1) is 11.8 Å². The lowest BCUT2D eigenvalue weighted by Crippen LogP contribution is -1.91. The Bertz CT molecular complexity index is 202. The maximum Gasteiger partial charge on any atom is 0.0620 e. The minimum atomic E-state index is 0.681. The van der Waals surface area contributed by atoms with E-state index in [2.05, 4.69) is 23.2 Å². The highest BCUT2D eigenvalue weighted by Gasteiger charge is 2.27. The number of nitrogens with zero attached hydrogens (tertiary/aromatic N) is 2. The first-order valence-corrected chi connectivity index (χ1v) is 4.45. The molecule has 0 aromatic heterocycles. The van der Waals surface area contributed by atoms with Crippen LogP contribution < -0.4 is 0 Å². The summed E-state index contributed by atoms with van der Waals surface area (Å²) in [6.45, 7) is 3.16. The molecular formula is C9H14N2. The lowest BCUT2D eigenvalue weighted by molar-refractivity contribution is 0.659. The second-order valence-electron chi connectivity index (χ2n) is 3.60. The number of rotatable bonds is 1. The summed E-state index contributed by atoms with van der Waals surface area (Å²) >= 11 is 0. The molecule has 1 heterocycles. The molecule has 2 aliphatic rings. The molecule has 60 valence electrons. The highest BCUT2D eigenvalue weighted by atomic mass is 15.1. The van der Waals surface area contributed by atoms with Gasteiger partial charge in [0, 0.05) is 5.92 Å². The van der Waals surface area contributed by atoms with E-state index in [0.29, 0.717) is 5.92 Å². The summed E-state index contributed by atoms with van der Waals surface area (Å²) in [7, 11) is 0. The summed E-state index contributed by atoms with van der Waals surface area (Å²) in [5.74, 6) is 1.44. The van der Waals surface area contributed by atoms with Gasteiger partial charge in [-0.05, 0) is 25.2 Å². The molecule has 2 nitrogen and oxygen atoms in total. The number of allylic oxidation sites excluding steroid dienone is 2. The van der Waals surface area contributed by atoms with Gasteiger partial charge >= 0.3 is 0 Å². The summed E-state index contributed by atoms with van der Waals surface area (Å²) in [5, 5.41) is 8.34. The number of azo groups is 1. The van der Waals surface area contributed by atoms with Gasteiger partial charge in [0.25, 0.3) is 0 Å². The van der Waals surface area contributed by atoms with E-state index in [1.54, 1.807) is 0 Å². The summed E-state index contributed by atoms with van der Waals surface area (Å²) in [6, 6.07) is 0.